The predicted octanol–water partition coefficient (Wildman–Crippen LogP) is -13.7. The van der Waals surface area contributed by atoms with Gasteiger partial charge in [0.2, 0.25) is 17.7 Å². The summed E-state index contributed by atoms with van der Waals surface area (Å²) in [5.74, 6) is -7.94. The Morgan fingerprint density at radius 1 is 0.639 bits per heavy atom. The van der Waals surface area contributed by atoms with Gasteiger partial charge in [0.1, 0.15) is 116 Å². The SMILES string of the molecule is CC(=O)N[C@H]1[C@H](O[C@H]2[C@@H](O)[C@@H](CO)O[C@@H](O[C@@H]3[C@H](O)[C@@H](O)[C@H](O[C@@H]([C@@H](O)[C@H](O)CO[C@]4(C(=O)O)C[C@H](O)[C@@H](NC(=O)CO)[C@H]([C@H](O)[C@H](O)CO)O4)[C@H](CO)NC(C)=O)O[C@@H]3CO)[C@@H]2O)O[C@H](CO)[C@H](O)[C@@H]1O. The summed E-state index contributed by atoms with van der Waals surface area (Å²) in [5, 5.41) is 197. The van der Waals surface area contributed by atoms with Gasteiger partial charge in [-0.3, -0.25) is 14.4 Å². The molecule has 4 fully saturated rings. The zero-order valence-corrected chi connectivity index (χ0v) is 38.5. The van der Waals surface area contributed by atoms with Gasteiger partial charge in [0.25, 0.3) is 5.79 Å². The zero-order valence-electron chi connectivity index (χ0n) is 38.5. The summed E-state index contributed by atoms with van der Waals surface area (Å²) in [5.41, 5.74) is 0. The van der Waals surface area contributed by atoms with Crippen molar-refractivity contribution in [1.29, 1.82) is 0 Å². The van der Waals surface area contributed by atoms with Crippen molar-refractivity contribution in [2.45, 2.75) is 173 Å². The first-order chi connectivity index (χ1) is 33.8. The van der Waals surface area contributed by atoms with Gasteiger partial charge in [0, 0.05) is 20.3 Å². The first kappa shape index (κ1) is 61.4. The highest BCUT2D eigenvalue weighted by molar-refractivity contribution is 5.78. The summed E-state index contributed by atoms with van der Waals surface area (Å²) < 4.78 is 44.7. The molecule has 0 aromatic rings. The van der Waals surface area contributed by atoms with Crippen LogP contribution in [-0.4, -0.2) is 315 Å². The summed E-state index contributed by atoms with van der Waals surface area (Å²) in [6.07, 6.45) is -44.0. The molecular weight excluding hydrogens is 990 g/mol. The summed E-state index contributed by atoms with van der Waals surface area (Å²) in [6.45, 7) is -5.78. The second-order valence-electron chi connectivity index (χ2n) is 17.4. The van der Waals surface area contributed by atoms with Gasteiger partial charge >= 0.3 is 5.97 Å². The van der Waals surface area contributed by atoms with E-state index in [0.29, 0.717) is 0 Å². The number of carbonyl (C=O) groups is 4. The molecule has 4 aliphatic heterocycles. The molecule has 0 saturated carbocycles. The lowest BCUT2D eigenvalue weighted by atomic mass is 9.88. The molecule has 25 atom stereocenters. The first-order valence-electron chi connectivity index (χ1n) is 22.3. The van der Waals surface area contributed by atoms with Crippen molar-refractivity contribution in [2.24, 2.45) is 0 Å². The van der Waals surface area contributed by atoms with E-state index in [1.807, 2.05) is 0 Å². The molecule has 418 valence electrons. The highest BCUT2D eigenvalue weighted by atomic mass is 16.8. The summed E-state index contributed by atoms with van der Waals surface area (Å²) in [6, 6.07) is -5.11. The van der Waals surface area contributed by atoms with E-state index in [1.165, 1.54) is 0 Å². The number of nitrogens with one attached hydrogen (secondary N) is 3. The molecule has 0 unspecified atom stereocenters. The van der Waals surface area contributed by atoms with E-state index < -0.39 is 229 Å². The molecule has 72 heavy (non-hydrogen) atoms. The second-order valence-corrected chi connectivity index (χ2v) is 17.4. The number of carbonyl (C=O) groups excluding carboxylic acids is 3. The van der Waals surface area contributed by atoms with Crippen LogP contribution in [0.25, 0.3) is 0 Å². The fourth-order valence-corrected chi connectivity index (χ4v) is 8.43. The minimum atomic E-state index is -3.09. The van der Waals surface area contributed by atoms with Gasteiger partial charge in [-0.05, 0) is 0 Å². The van der Waals surface area contributed by atoms with Crippen molar-refractivity contribution in [1.82, 2.24) is 16.0 Å². The molecule has 33 heteroatoms. The summed E-state index contributed by atoms with van der Waals surface area (Å²) in [4.78, 5) is 48.9. The maximum Gasteiger partial charge on any atom is 0.364 e. The minimum absolute atomic E-state index is 0.762. The highest BCUT2D eigenvalue weighted by Crippen LogP contribution is 2.36. The van der Waals surface area contributed by atoms with Gasteiger partial charge in [-0.2, -0.15) is 0 Å². The van der Waals surface area contributed by atoms with Gasteiger partial charge in [0.15, 0.2) is 18.9 Å². The quantitative estimate of drug-likeness (QED) is 0.0427. The Morgan fingerprint density at radius 2 is 1.22 bits per heavy atom. The number of hydrogen-bond donors (Lipinski definition) is 21. The highest BCUT2D eigenvalue weighted by Gasteiger charge is 2.58. The molecule has 0 aromatic carbocycles. The number of amides is 3. The van der Waals surface area contributed by atoms with Crippen LogP contribution in [0, 0.1) is 0 Å². The summed E-state index contributed by atoms with van der Waals surface area (Å²) >= 11 is 0. The van der Waals surface area contributed by atoms with Gasteiger partial charge in [-0.1, -0.05) is 0 Å². The third-order valence-electron chi connectivity index (χ3n) is 12.3. The number of carboxylic acids is 1. The largest absolute Gasteiger partial charge is 0.477 e. The Labute approximate surface area is 407 Å². The van der Waals surface area contributed by atoms with Crippen molar-refractivity contribution < 1.29 is 149 Å². The number of aliphatic carboxylic acids is 1. The molecule has 4 aliphatic rings. The standard InChI is InChI=1S/C39H67N3O30/c1-11(49)40-13(4-43)31(24(56)16(53)10-65-39(38(63)64)3-14(51)21(42-20(54)9-48)33(72-39)23(55)15(52)5-44)69-36-29(61)28(60)32(19(8-47)68-36)70-37-30(62)34(26(58)18(7-46)67-37)71-35-22(41-12(2)50)27(59)25(57)17(6-45)66-35/h13-19,21-37,43-48,51-53,55-62H,3-10H2,1-2H3,(H,40,49)(H,41,50)(H,42,54)(H,63,64)/t13-,14-,15+,16+,17+,18+,19+,21+,22+,23+,24-,25-,26-,27+,28+,29+,30+,31+,32-,33+,34-,35-,36-,37-,39+/m0/s1. The number of aliphatic hydroxyl groups excluding tert-OH is 17. The van der Waals surface area contributed by atoms with Crippen LogP contribution in [-0.2, 0) is 57.1 Å². The van der Waals surface area contributed by atoms with Crippen LogP contribution < -0.4 is 16.0 Å². The van der Waals surface area contributed by atoms with Crippen LogP contribution in [0.5, 0.6) is 0 Å². The number of carboxylic acid groups (broad SMARTS) is 1. The Kier molecular flexibility index (Phi) is 23.1. The molecule has 4 rings (SSSR count). The van der Waals surface area contributed by atoms with Crippen LogP contribution in [0.4, 0.5) is 0 Å². The number of rotatable bonds is 24. The molecule has 0 spiro atoms. The van der Waals surface area contributed by atoms with E-state index in [4.69, 9.17) is 37.9 Å². The molecule has 21 N–H and O–H groups in total. The molecular formula is C39H67N3O30. The lowest BCUT2D eigenvalue weighted by Crippen LogP contribution is -2.69. The fourth-order valence-electron chi connectivity index (χ4n) is 8.43. The maximum atomic E-state index is 12.7. The third-order valence-corrected chi connectivity index (χ3v) is 12.3. The van der Waals surface area contributed by atoms with Crippen LogP contribution in [0.2, 0.25) is 0 Å². The molecule has 0 radical (unpaired) electrons. The Hall–Kier alpha value is -3.12. The number of hydrogen-bond acceptors (Lipinski definition) is 29. The molecule has 3 amide bonds. The van der Waals surface area contributed by atoms with Crippen molar-refractivity contribution in [2.75, 3.05) is 46.2 Å². The van der Waals surface area contributed by atoms with E-state index in [-0.39, 0.29) is 0 Å². The molecule has 33 nitrogen and oxygen atoms in total. The topological polar surface area (TPSA) is 542 Å². The minimum Gasteiger partial charge on any atom is -0.477 e. The van der Waals surface area contributed by atoms with Crippen molar-refractivity contribution in [3.63, 3.8) is 0 Å². The van der Waals surface area contributed by atoms with Crippen LogP contribution in [0.15, 0.2) is 0 Å². The van der Waals surface area contributed by atoms with Crippen LogP contribution in [0.3, 0.4) is 0 Å². The third kappa shape index (κ3) is 14.2. The van der Waals surface area contributed by atoms with Crippen molar-refractivity contribution >= 4 is 23.7 Å². The fraction of sp³-hybridized carbons (Fsp3) is 0.897. The van der Waals surface area contributed by atoms with E-state index >= 15 is 0 Å². The number of aliphatic hydroxyl groups is 17. The van der Waals surface area contributed by atoms with Crippen LogP contribution >= 0.6 is 0 Å². The molecule has 0 bridgehead atoms. The summed E-state index contributed by atoms with van der Waals surface area (Å²) in [7, 11) is 0. The van der Waals surface area contributed by atoms with Gasteiger partial charge < -0.3 is 146 Å². The second kappa shape index (κ2) is 27.1. The lowest BCUT2D eigenvalue weighted by molar-refractivity contribution is -0.379. The first-order valence-corrected chi connectivity index (χ1v) is 22.3. The van der Waals surface area contributed by atoms with E-state index in [1.54, 1.807) is 0 Å². The van der Waals surface area contributed by atoms with Gasteiger partial charge in [-0.25, -0.2) is 4.79 Å². The normalized spacial score (nSPS) is 39.9. The average molecular weight is 1060 g/mol. The zero-order chi connectivity index (χ0) is 54.1. The Morgan fingerprint density at radius 3 is 1.76 bits per heavy atom. The Bertz CT molecular complexity index is 1740. The van der Waals surface area contributed by atoms with Crippen molar-refractivity contribution in [3.8, 4) is 0 Å². The van der Waals surface area contributed by atoms with E-state index in [0.717, 1.165) is 13.8 Å². The molecule has 4 saturated heterocycles. The van der Waals surface area contributed by atoms with E-state index in [9.17, 15) is 111 Å². The van der Waals surface area contributed by atoms with Crippen LogP contribution in [0.1, 0.15) is 20.3 Å². The van der Waals surface area contributed by atoms with Crippen molar-refractivity contribution in [3.05, 3.63) is 0 Å². The number of ether oxygens (including phenoxy) is 8. The monoisotopic (exact) mass is 1060 g/mol. The van der Waals surface area contributed by atoms with Gasteiger partial charge in [0.05, 0.1) is 57.8 Å². The molecule has 4 heterocycles. The Balaban J connectivity index is 1.56. The average Bonchev–Trinajstić information content (AvgIpc) is 3.34. The molecule has 0 aliphatic carbocycles. The van der Waals surface area contributed by atoms with Gasteiger partial charge in [-0.15, -0.1) is 0 Å². The lowest BCUT2D eigenvalue weighted by Gasteiger charge is -2.49. The predicted molar refractivity (Wildman–Crippen MR) is 222 cm³/mol. The van der Waals surface area contributed by atoms with E-state index in [2.05, 4.69) is 16.0 Å². The maximum absolute atomic E-state index is 12.7. The smallest absolute Gasteiger partial charge is 0.364 e. The molecule has 0 aromatic heterocycles.